The van der Waals surface area contributed by atoms with Gasteiger partial charge in [0.05, 0.1) is 5.69 Å². The Kier molecular flexibility index (Phi) is 4.69. The Bertz CT molecular complexity index is 588. The van der Waals surface area contributed by atoms with E-state index in [1.807, 2.05) is 14.0 Å². The molecule has 0 aliphatic rings. The van der Waals surface area contributed by atoms with Crippen molar-refractivity contribution in [1.29, 1.82) is 0 Å². The smallest absolute Gasteiger partial charge is 0.157 e. The van der Waals surface area contributed by atoms with Gasteiger partial charge in [0.15, 0.2) is 4.60 Å². The van der Waals surface area contributed by atoms with E-state index in [0.29, 0.717) is 4.60 Å². The number of halogens is 1. The lowest BCUT2D eigenvalue weighted by molar-refractivity contribution is 0.717. The van der Waals surface area contributed by atoms with Gasteiger partial charge in [-0.1, -0.05) is 19.1 Å². The molecule has 0 amide bonds. The van der Waals surface area contributed by atoms with Crippen LogP contribution >= 0.6 is 15.9 Å². The molecule has 7 heteroatoms. The molecule has 0 fully saturated rings. The standard InChI is InChI=1S/C13H19BrN6/c1-5-7-15-13-8(3)10(16-9(6-2)17-13)11-12(14)18-19-20(11)4/h5-7H2,1-4H3,(H,15,16,17). The van der Waals surface area contributed by atoms with Crippen molar-refractivity contribution in [2.24, 2.45) is 7.05 Å². The number of hydrogen-bond acceptors (Lipinski definition) is 5. The molecule has 2 rings (SSSR count). The van der Waals surface area contributed by atoms with Crippen molar-refractivity contribution in [1.82, 2.24) is 25.0 Å². The van der Waals surface area contributed by atoms with Crippen LogP contribution in [0.4, 0.5) is 5.82 Å². The average Bonchev–Trinajstić information content (AvgIpc) is 2.77. The van der Waals surface area contributed by atoms with Crippen molar-refractivity contribution in [3.63, 3.8) is 0 Å². The molecule has 6 nitrogen and oxygen atoms in total. The van der Waals surface area contributed by atoms with Crippen LogP contribution in [0, 0.1) is 6.92 Å². The van der Waals surface area contributed by atoms with Gasteiger partial charge in [0, 0.05) is 25.6 Å². The van der Waals surface area contributed by atoms with Gasteiger partial charge in [-0.2, -0.15) is 0 Å². The maximum absolute atomic E-state index is 4.64. The first-order valence-electron chi connectivity index (χ1n) is 6.75. The third-order valence-electron chi connectivity index (χ3n) is 3.06. The fourth-order valence-corrected chi connectivity index (χ4v) is 2.47. The Hall–Kier alpha value is -1.50. The molecule has 0 radical (unpaired) electrons. The second-order valence-corrected chi connectivity index (χ2v) is 5.35. The van der Waals surface area contributed by atoms with Crippen LogP contribution in [0.15, 0.2) is 4.60 Å². The number of rotatable bonds is 5. The molecule has 2 heterocycles. The van der Waals surface area contributed by atoms with Gasteiger partial charge in [-0.15, -0.1) is 5.10 Å². The number of hydrogen-bond donors (Lipinski definition) is 1. The Morgan fingerprint density at radius 1 is 1.25 bits per heavy atom. The predicted molar refractivity (Wildman–Crippen MR) is 82.6 cm³/mol. The topological polar surface area (TPSA) is 68.5 Å². The van der Waals surface area contributed by atoms with Gasteiger partial charge >= 0.3 is 0 Å². The predicted octanol–water partition coefficient (Wildman–Crippen LogP) is 2.73. The SMILES string of the molecule is CCCNc1nc(CC)nc(-c2c(Br)nnn2C)c1C. The summed E-state index contributed by atoms with van der Waals surface area (Å²) in [5, 5.41) is 11.4. The van der Waals surface area contributed by atoms with Gasteiger partial charge in [-0.25, -0.2) is 14.6 Å². The largest absolute Gasteiger partial charge is 0.370 e. The van der Waals surface area contributed by atoms with E-state index in [1.165, 1.54) is 0 Å². The van der Waals surface area contributed by atoms with Crippen LogP contribution in [0.5, 0.6) is 0 Å². The summed E-state index contributed by atoms with van der Waals surface area (Å²) in [6, 6.07) is 0. The molecule has 1 N–H and O–H groups in total. The molecule has 0 saturated carbocycles. The summed E-state index contributed by atoms with van der Waals surface area (Å²) in [5.74, 6) is 1.71. The molecular formula is C13H19BrN6. The quantitative estimate of drug-likeness (QED) is 0.907. The number of anilines is 1. The Morgan fingerprint density at radius 3 is 2.55 bits per heavy atom. The number of nitrogens with zero attached hydrogens (tertiary/aromatic N) is 5. The van der Waals surface area contributed by atoms with Gasteiger partial charge in [-0.05, 0) is 29.3 Å². The molecule has 0 atom stereocenters. The van der Waals surface area contributed by atoms with Crippen molar-refractivity contribution in [3.8, 4) is 11.4 Å². The molecule has 0 spiro atoms. The van der Waals surface area contributed by atoms with Crippen LogP contribution in [0.25, 0.3) is 11.4 Å². The first kappa shape index (κ1) is 14.9. The first-order valence-corrected chi connectivity index (χ1v) is 7.54. The van der Waals surface area contributed by atoms with Crippen molar-refractivity contribution < 1.29 is 0 Å². The zero-order valence-corrected chi connectivity index (χ0v) is 13.8. The molecule has 2 aromatic rings. The fraction of sp³-hybridized carbons (Fsp3) is 0.538. The molecule has 0 bridgehead atoms. The summed E-state index contributed by atoms with van der Waals surface area (Å²) in [5.41, 5.74) is 2.76. The van der Waals surface area contributed by atoms with Crippen LogP contribution in [0.2, 0.25) is 0 Å². The van der Waals surface area contributed by atoms with Crippen molar-refractivity contribution in [3.05, 3.63) is 16.0 Å². The fourth-order valence-electron chi connectivity index (χ4n) is 1.95. The molecule has 0 unspecified atom stereocenters. The van der Waals surface area contributed by atoms with Crippen LogP contribution in [-0.4, -0.2) is 31.5 Å². The lowest BCUT2D eigenvalue weighted by Gasteiger charge is -2.13. The van der Waals surface area contributed by atoms with Crippen LogP contribution < -0.4 is 5.32 Å². The number of aromatic nitrogens is 5. The minimum absolute atomic E-state index is 0.699. The summed E-state index contributed by atoms with van der Waals surface area (Å²) < 4.78 is 2.42. The van der Waals surface area contributed by atoms with E-state index >= 15 is 0 Å². The van der Waals surface area contributed by atoms with Crippen molar-refractivity contribution in [2.45, 2.75) is 33.6 Å². The Balaban J connectivity index is 2.57. The highest BCUT2D eigenvalue weighted by molar-refractivity contribution is 9.10. The van der Waals surface area contributed by atoms with Gasteiger partial charge in [0.1, 0.15) is 17.3 Å². The summed E-state index contributed by atoms with van der Waals surface area (Å²) in [6.07, 6.45) is 1.84. The zero-order chi connectivity index (χ0) is 14.7. The molecular weight excluding hydrogens is 320 g/mol. The second kappa shape index (κ2) is 6.30. The molecule has 2 aromatic heterocycles. The lowest BCUT2D eigenvalue weighted by atomic mass is 10.1. The lowest BCUT2D eigenvalue weighted by Crippen LogP contribution is -2.10. The van der Waals surface area contributed by atoms with Crippen LogP contribution in [-0.2, 0) is 13.5 Å². The van der Waals surface area contributed by atoms with Crippen molar-refractivity contribution in [2.75, 3.05) is 11.9 Å². The number of nitrogens with one attached hydrogen (secondary N) is 1. The van der Waals surface area contributed by atoms with E-state index in [2.05, 4.69) is 55.4 Å². The highest BCUT2D eigenvalue weighted by atomic mass is 79.9. The maximum atomic E-state index is 4.64. The van der Waals surface area contributed by atoms with E-state index in [4.69, 9.17) is 0 Å². The van der Waals surface area contributed by atoms with Gasteiger partial charge in [0.25, 0.3) is 0 Å². The first-order chi connectivity index (χ1) is 9.58. The molecule has 0 aliphatic carbocycles. The van der Waals surface area contributed by atoms with Crippen molar-refractivity contribution >= 4 is 21.7 Å². The van der Waals surface area contributed by atoms with E-state index in [9.17, 15) is 0 Å². The van der Waals surface area contributed by atoms with Gasteiger partial charge in [-0.3, -0.25) is 0 Å². The molecule has 0 aromatic carbocycles. The van der Waals surface area contributed by atoms with E-state index < -0.39 is 0 Å². The highest BCUT2D eigenvalue weighted by Crippen LogP contribution is 2.29. The molecule has 108 valence electrons. The maximum Gasteiger partial charge on any atom is 0.157 e. The van der Waals surface area contributed by atoms with Crippen LogP contribution in [0.3, 0.4) is 0 Å². The zero-order valence-electron chi connectivity index (χ0n) is 12.2. The van der Waals surface area contributed by atoms with Crippen LogP contribution in [0.1, 0.15) is 31.7 Å². The van der Waals surface area contributed by atoms with E-state index in [1.54, 1.807) is 4.68 Å². The van der Waals surface area contributed by atoms with Gasteiger partial charge < -0.3 is 5.32 Å². The van der Waals surface area contributed by atoms with E-state index in [0.717, 1.165) is 48.0 Å². The monoisotopic (exact) mass is 338 g/mol. The van der Waals surface area contributed by atoms with Gasteiger partial charge in [0.2, 0.25) is 0 Å². The number of aryl methyl sites for hydroxylation is 2. The molecule has 20 heavy (non-hydrogen) atoms. The Morgan fingerprint density at radius 2 is 2.00 bits per heavy atom. The minimum atomic E-state index is 0.699. The summed E-state index contributed by atoms with van der Waals surface area (Å²) in [6.45, 7) is 7.10. The third kappa shape index (κ3) is 2.82. The highest BCUT2D eigenvalue weighted by Gasteiger charge is 2.18. The minimum Gasteiger partial charge on any atom is -0.370 e. The normalized spacial score (nSPS) is 10.8. The Labute approximate surface area is 127 Å². The van der Waals surface area contributed by atoms with E-state index in [-0.39, 0.29) is 0 Å². The average molecular weight is 339 g/mol. The summed E-state index contributed by atoms with van der Waals surface area (Å²) in [4.78, 5) is 9.21. The third-order valence-corrected chi connectivity index (χ3v) is 3.59. The summed E-state index contributed by atoms with van der Waals surface area (Å²) in [7, 11) is 1.86. The molecule has 0 aliphatic heterocycles. The summed E-state index contributed by atoms with van der Waals surface area (Å²) >= 11 is 3.44. The second-order valence-electron chi connectivity index (χ2n) is 4.59. The molecule has 0 saturated heterocycles.